The summed E-state index contributed by atoms with van der Waals surface area (Å²) in [7, 11) is 0. The molecule has 0 aliphatic carbocycles. The number of carbonyl (C=O) groups is 1. The summed E-state index contributed by atoms with van der Waals surface area (Å²) in [6, 6.07) is 6.40. The number of rotatable bonds is 5. The first-order valence-electron chi connectivity index (χ1n) is 6.15. The molecule has 0 fully saturated rings. The maximum atomic E-state index is 13.7. The van der Waals surface area contributed by atoms with Crippen molar-refractivity contribution in [2.24, 2.45) is 0 Å². The lowest BCUT2D eigenvalue weighted by atomic mass is 10.3. The molecule has 2 aromatic rings. The van der Waals surface area contributed by atoms with Crippen molar-refractivity contribution in [3.8, 4) is 5.69 Å². The lowest BCUT2D eigenvalue weighted by molar-refractivity contribution is -0.119. The molecule has 7 heteroatoms. The molecule has 0 aliphatic rings. The molecule has 1 N–H and O–H groups in total. The molecular formula is C13H15FN4OS. The third-order valence-corrected chi connectivity index (χ3v) is 3.38. The van der Waals surface area contributed by atoms with Gasteiger partial charge in [-0.3, -0.25) is 4.79 Å². The normalized spacial score (nSPS) is 10.8. The van der Waals surface area contributed by atoms with Crippen LogP contribution < -0.4 is 5.32 Å². The zero-order valence-electron chi connectivity index (χ0n) is 11.2. The van der Waals surface area contributed by atoms with Gasteiger partial charge in [0.2, 0.25) is 5.91 Å². The average Bonchev–Trinajstić information content (AvgIpc) is 2.84. The van der Waals surface area contributed by atoms with Crippen LogP contribution in [0.4, 0.5) is 4.39 Å². The molecule has 1 amide bonds. The summed E-state index contributed by atoms with van der Waals surface area (Å²) < 4.78 is 15.1. The van der Waals surface area contributed by atoms with Gasteiger partial charge in [0.1, 0.15) is 16.5 Å². The van der Waals surface area contributed by atoms with Gasteiger partial charge < -0.3 is 5.32 Å². The molecule has 1 heterocycles. The van der Waals surface area contributed by atoms with E-state index in [1.807, 2.05) is 13.8 Å². The van der Waals surface area contributed by atoms with E-state index in [0.717, 1.165) is 0 Å². The number of nitrogens with one attached hydrogen (secondary N) is 1. The third kappa shape index (κ3) is 3.57. The third-order valence-electron chi connectivity index (χ3n) is 2.40. The van der Waals surface area contributed by atoms with E-state index in [1.165, 1.54) is 28.7 Å². The summed E-state index contributed by atoms with van der Waals surface area (Å²) in [6.45, 7) is 3.79. The van der Waals surface area contributed by atoms with Crippen LogP contribution in [0, 0.1) is 5.82 Å². The largest absolute Gasteiger partial charge is 0.353 e. The van der Waals surface area contributed by atoms with Gasteiger partial charge in [-0.2, -0.15) is 0 Å². The lowest BCUT2D eigenvalue weighted by Gasteiger charge is -2.09. The van der Waals surface area contributed by atoms with Gasteiger partial charge in [-0.25, -0.2) is 9.07 Å². The van der Waals surface area contributed by atoms with E-state index < -0.39 is 0 Å². The number of halogens is 1. The highest BCUT2D eigenvalue weighted by Crippen LogP contribution is 2.21. The van der Waals surface area contributed by atoms with Crippen LogP contribution >= 0.6 is 11.8 Å². The van der Waals surface area contributed by atoms with Crippen molar-refractivity contribution in [2.75, 3.05) is 5.75 Å². The Balaban J connectivity index is 2.10. The predicted octanol–water partition coefficient (Wildman–Crippen LogP) is 2.02. The second-order valence-corrected chi connectivity index (χ2v) is 5.44. The standard InChI is InChI=1S/C13H15FN4OS/c1-9(2)16-12(19)8-20-13-7-15-17-18(13)11-6-4-3-5-10(11)14/h3-7,9H,8H2,1-2H3,(H,16,19). The zero-order valence-corrected chi connectivity index (χ0v) is 12.0. The summed E-state index contributed by atoms with van der Waals surface area (Å²) in [4.78, 5) is 11.6. The molecule has 0 bridgehead atoms. The van der Waals surface area contributed by atoms with Gasteiger partial charge >= 0.3 is 0 Å². The minimum Gasteiger partial charge on any atom is -0.353 e. The van der Waals surface area contributed by atoms with Gasteiger partial charge in [0.15, 0.2) is 0 Å². The predicted molar refractivity (Wildman–Crippen MR) is 75.3 cm³/mol. The Labute approximate surface area is 120 Å². The number of amides is 1. The molecule has 0 spiro atoms. The maximum absolute atomic E-state index is 13.7. The van der Waals surface area contributed by atoms with E-state index in [2.05, 4.69) is 15.6 Å². The summed E-state index contributed by atoms with van der Waals surface area (Å²) in [5.74, 6) is -0.224. The van der Waals surface area contributed by atoms with Crippen LogP contribution in [0.25, 0.3) is 5.69 Å². The highest BCUT2D eigenvalue weighted by Gasteiger charge is 2.12. The molecule has 1 aromatic heterocycles. The highest BCUT2D eigenvalue weighted by molar-refractivity contribution is 7.99. The van der Waals surface area contributed by atoms with E-state index in [0.29, 0.717) is 10.7 Å². The molecule has 5 nitrogen and oxygen atoms in total. The quantitative estimate of drug-likeness (QED) is 0.857. The van der Waals surface area contributed by atoms with Crippen LogP contribution in [0.3, 0.4) is 0 Å². The number of hydrogen-bond acceptors (Lipinski definition) is 4. The van der Waals surface area contributed by atoms with E-state index in [1.54, 1.807) is 18.2 Å². The monoisotopic (exact) mass is 294 g/mol. The van der Waals surface area contributed by atoms with Crippen LogP contribution in [0.2, 0.25) is 0 Å². The zero-order chi connectivity index (χ0) is 14.5. The molecule has 1 aromatic carbocycles. The minimum atomic E-state index is -0.383. The number of benzene rings is 1. The fraction of sp³-hybridized carbons (Fsp3) is 0.308. The average molecular weight is 294 g/mol. The fourth-order valence-electron chi connectivity index (χ4n) is 1.62. The SMILES string of the molecule is CC(C)NC(=O)CSc1cnnn1-c1ccccc1F. The molecule has 0 saturated carbocycles. The Bertz CT molecular complexity index is 600. The number of hydrogen-bond donors (Lipinski definition) is 1. The second-order valence-electron chi connectivity index (χ2n) is 4.45. The van der Waals surface area contributed by atoms with Crippen molar-refractivity contribution >= 4 is 17.7 Å². The Kier molecular flexibility index (Phi) is 4.73. The van der Waals surface area contributed by atoms with Gasteiger partial charge in [-0.15, -0.1) is 5.10 Å². The second kappa shape index (κ2) is 6.51. The molecule has 0 saturated heterocycles. The van der Waals surface area contributed by atoms with Crippen molar-refractivity contribution < 1.29 is 9.18 Å². The number of para-hydroxylation sites is 1. The maximum Gasteiger partial charge on any atom is 0.230 e. The Morgan fingerprint density at radius 3 is 2.90 bits per heavy atom. The molecule has 2 rings (SSSR count). The van der Waals surface area contributed by atoms with Crippen molar-refractivity contribution in [1.29, 1.82) is 0 Å². The van der Waals surface area contributed by atoms with Crippen molar-refractivity contribution in [2.45, 2.75) is 24.9 Å². The van der Waals surface area contributed by atoms with Gasteiger partial charge in [-0.05, 0) is 26.0 Å². The molecule has 106 valence electrons. The summed E-state index contributed by atoms with van der Waals surface area (Å²) in [6.07, 6.45) is 1.51. The fourth-order valence-corrected chi connectivity index (χ4v) is 2.36. The molecular weight excluding hydrogens is 279 g/mol. The Morgan fingerprint density at radius 2 is 2.20 bits per heavy atom. The number of nitrogens with zero attached hydrogens (tertiary/aromatic N) is 3. The minimum absolute atomic E-state index is 0.0775. The highest BCUT2D eigenvalue weighted by atomic mass is 32.2. The van der Waals surface area contributed by atoms with E-state index >= 15 is 0 Å². The van der Waals surface area contributed by atoms with E-state index in [4.69, 9.17) is 0 Å². The number of carbonyl (C=O) groups excluding carboxylic acids is 1. The van der Waals surface area contributed by atoms with Crippen LogP contribution in [-0.4, -0.2) is 32.7 Å². The molecule has 0 atom stereocenters. The van der Waals surface area contributed by atoms with Gasteiger partial charge in [-0.1, -0.05) is 29.1 Å². The lowest BCUT2D eigenvalue weighted by Crippen LogP contribution is -2.31. The van der Waals surface area contributed by atoms with Crippen LogP contribution in [0.15, 0.2) is 35.5 Å². The first kappa shape index (κ1) is 14.5. The Morgan fingerprint density at radius 1 is 1.45 bits per heavy atom. The van der Waals surface area contributed by atoms with Crippen molar-refractivity contribution in [1.82, 2.24) is 20.3 Å². The van der Waals surface area contributed by atoms with Crippen molar-refractivity contribution in [3.05, 3.63) is 36.3 Å². The first-order valence-corrected chi connectivity index (χ1v) is 7.14. The van der Waals surface area contributed by atoms with Crippen LogP contribution in [0.1, 0.15) is 13.8 Å². The molecule has 0 aliphatic heterocycles. The summed E-state index contributed by atoms with van der Waals surface area (Å²) in [5.41, 5.74) is 0.316. The number of aromatic nitrogens is 3. The summed E-state index contributed by atoms with van der Waals surface area (Å²) in [5, 5.41) is 11.0. The van der Waals surface area contributed by atoms with E-state index in [9.17, 15) is 9.18 Å². The van der Waals surface area contributed by atoms with Crippen LogP contribution in [-0.2, 0) is 4.79 Å². The van der Waals surface area contributed by atoms with Gasteiger partial charge in [0.25, 0.3) is 0 Å². The Hall–Kier alpha value is -1.89. The first-order chi connectivity index (χ1) is 9.58. The molecule has 0 unspecified atom stereocenters. The topological polar surface area (TPSA) is 59.8 Å². The molecule has 20 heavy (non-hydrogen) atoms. The molecule has 0 radical (unpaired) electrons. The summed E-state index contributed by atoms with van der Waals surface area (Å²) >= 11 is 1.27. The van der Waals surface area contributed by atoms with Gasteiger partial charge in [0.05, 0.1) is 11.9 Å². The number of thioether (sulfide) groups is 1. The van der Waals surface area contributed by atoms with Gasteiger partial charge in [0, 0.05) is 6.04 Å². The van der Waals surface area contributed by atoms with Crippen LogP contribution in [0.5, 0.6) is 0 Å². The van der Waals surface area contributed by atoms with E-state index in [-0.39, 0.29) is 23.5 Å². The van der Waals surface area contributed by atoms with Crippen molar-refractivity contribution in [3.63, 3.8) is 0 Å². The smallest absolute Gasteiger partial charge is 0.230 e.